The molecule has 3 heteroatoms. The second-order valence-corrected chi connectivity index (χ2v) is 6.73. The lowest BCUT2D eigenvalue weighted by molar-refractivity contribution is 0.449. The average Bonchev–Trinajstić information content (AvgIpc) is 2.96. The lowest BCUT2D eigenvalue weighted by Gasteiger charge is -2.18. The molecule has 1 unspecified atom stereocenters. The van der Waals surface area contributed by atoms with Gasteiger partial charge in [0, 0.05) is 39.1 Å². The van der Waals surface area contributed by atoms with Crippen LogP contribution in [0.3, 0.4) is 0 Å². The highest BCUT2D eigenvalue weighted by Gasteiger charge is 2.16. The number of thiophene rings is 1. The smallest absolute Gasteiger partial charge is 0.0435 e. The van der Waals surface area contributed by atoms with Crippen molar-refractivity contribution in [3.05, 3.63) is 53.7 Å². The van der Waals surface area contributed by atoms with Crippen LogP contribution in [-0.4, -0.2) is 12.0 Å². The molecule has 108 valence electrons. The first-order valence-corrected chi connectivity index (χ1v) is 8.12. The zero-order valence-electron chi connectivity index (χ0n) is 12.6. The van der Waals surface area contributed by atoms with Crippen LogP contribution in [0.5, 0.6) is 0 Å². The minimum atomic E-state index is 0.414. The van der Waals surface area contributed by atoms with Gasteiger partial charge in [0.25, 0.3) is 0 Å². The molecule has 0 radical (unpaired) electrons. The summed E-state index contributed by atoms with van der Waals surface area (Å²) in [7, 11) is 2.03. The predicted molar refractivity (Wildman–Crippen MR) is 91.7 cm³/mol. The van der Waals surface area contributed by atoms with E-state index in [9.17, 15) is 0 Å². The number of hydrogen-bond donors (Lipinski definition) is 1. The number of rotatable bonds is 4. The summed E-state index contributed by atoms with van der Waals surface area (Å²) in [6.45, 7) is 4.50. The molecule has 0 amide bonds. The number of nitrogens with zero attached hydrogens (tertiary/aromatic N) is 1. The van der Waals surface area contributed by atoms with E-state index >= 15 is 0 Å². The van der Waals surface area contributed by atoms with Gasteiger partial charge >= 0.3 is 0 Å². The maximum Gasteiger partial charge on any atom is 0.0435 e. The second kappa shape index (κ2) is 5.96. The Hall–Kier alpha value is -1.71. The Morgan fingerprint density at radius 1 is 1.10 bits per heavy atom. The van der Waals surface area contributed by atoms with Crippen LogP contribution < -0.4 is 5.32 Å². The summed E-state index contributed by atoms with van der Waals surface area (Å²) in [4.78, 5) is 6.98. The SMILES string of the molecule is CNC(c1ccc(-c2cccc3ccncc23)s1)C(C)C. The fraction of sp³-hybridized carbons (Fsp3) is 0.278. The minimum absolute atomic E-state index is 0.414. The van der Waals surface area contributed by atoms with Crippen molar-refractivity contribution in [2.24, 2.45) is 5.92 Å². The van der Waals surface area contributed by atoms with E-state index in [1.807, 2.05) is 30.8 Å². The Balaban J connectivity index is 2.06. The molecule has 2 nitrogen and oxygen atoms in total. The summed E-state index contributed by atoms with van der Waals surface area (Å²) in [6, 6.07) is 13.4. The largest absolute Gasteiger partial charge is 0.312 e. The number of nitrogens with one attached hydrogen (secondary N) is 1. The van der Waals surface area contributed by atoms with Crippen LogP contribution in [0.25, 0.3) is 21.2 Å². The van der Waals surface area contributed by atoms with Gasteiger partial charge in [0.2, 0.25) is 0 Å². The molecule has 3 aromatic rings. The molecule has 1 N–H and O–H groups in total. The molecule has 1 atom stereocenters. The minimum Gasteiger partial charge on any atom is -0.312 e. The van der Waals surface area contributed by atoms with Crippen molar-refractivity contribution in [1.29, 1.82) is 0 Å². The lowest BCUT2D eigenvalue weighted by atomic mass is 10.0. The van der Waals surface area contributed by atoms with Gasteiger partial charge in [0.1, 0.15) is 0 Å². The van der Waals surface area contributed by atoms with Gasteiger partial charge in [-0.25, -0.2) is 0 Å². The van der Waals surface area contributed by atoms with Crippen LogP contribution in [0, 0.1) is 5.92 Å². The van der Waals surface area contributed by atoms with Crippen molar-refractivity contribution in [1.82, 2.24) is 10.3 Å². The summed E-state index contributed by atoms with van der Waals surface area (Å²) >= 11 is 1.87. The molecule has 21 heavy (non-hydrogen) atoms. The second-order valence-electron chi connectivity index (χ2n) is 5.61. The van der Waals surface area contributed by atoms with Crippen molar-refractivity contribution < 1.29 is 0 Å². The Morgan fingerprint density at radius 2 is 1.95 bits per heavy atom. The third kappa shape index (κ3) is 2.71. The Kier molecular flexibility index (Phi) is 4.04. The standard InChI is InChI=1S/C18H20N2S/c1-12(2)18(19-3)17-8-7-16(21-17)14-6-4-5-13-9-10-20-11-15(13)14/h4-12,18-19H,1-3H3. The topological polar surface area (TPSA) is 24.9 Å². The molecule has 0 saturated heterocycles. The molecule has 2 aromatic heterocycles. The third-order valence-electron chi connectivity index (χ3n) is 3.86. The quantitative estimate of drug-likeness (QED) is 0.742. The van der Waals surface area contributed by atoms with Gasteiger partial charge in [-0.15, -0.1) is 11.3 Å². The van der Waals surface area contributed by atoms with Crippen molar-refractivity contribution in [3.63, 3.8) is 0 Å². The number of pyridine rings is 1. The van der Waals surface area contributed by atoms with Gasteiger partial charge in [-0.05, 0) is 36.6 Å². The first-order valence-electron chi connectivity index (χ1n) is 7.31. The van der Waals surface area contributed by atoms with E-state index in [4.69, 9.17) is 0 Å². The van der Waals surface area contributed by atoms with E-state index in [-0.39, 0.29) is 0 Å². The highest BCUT2D eigenvalue weighted by Crippen LogP contribution is 2.36. The van der Waals surface area contributed by atoms with Crippen LogP contribution in [-0.2, 0) is 0 Å². The molecule has 0 spiro atoms. The Bertz CT molecular complexity index is 740. The molecule has 1 aromatic carbocycles. The molecule has 0 aliphatic carbocycles. The summed E-state index contributed by atoms with van der Waals surface area (Å²) in [5.41, 5.74) is 1.27. The van der Waals surface area contributed by atoms with Crippen LogP contribution in [0.4, 0.5) is 0 Å². The summed E-state index contributed by atoms with van der Waals surface area (Å²) in [6.07, 6.45) is 3.81. The van der Waals surface area contributed by atoms with Gasteiger partial charge in [-0.1, -0.05) is 32.0 Å². The summed E-state index contributed by atoms with van der Waals surface area (Å²) in [5.74, 6) is 0.579. The monoisotopic (exact) mass is 296 g/mol. The summed E-state index contributed by atoms with van der Waals surface area (Å²) in [5, 5.41) is 5.88. The number of fused-ring (bicyclic) bond motifs is 1. The zero-order valence-corrected chi connectivity index (χ0v) is 13.4. The molecule has 0 aliphatic heterocycles. The first-order chi connectivity index (χ1) is 10.2. The molecule has 0 aliphatic rings. The fourth-order valence-electron chi connectivity index (χ4n) is 2.80. The molecule has 3 rings (SSSR count). The van der Waals surface area contributed by atoms with E-state index in [1.165, 1.54) is 26.1 Å². The fourth-order valence-corrected chi connectivity index (χ4v) is 4.13. The van der Waals surface area contributed by atoms with Gasteiger partial charge in [0.05, 0.1) is 0 Å². The van der Waals surface area contributed by atoms with Crippen molar-refractivity contribution in [2.75, 3.05) is 7.05 Å². The van der Waals surface area contributed by atoms with Crippen LogP contribution >= 0.6 is 11.3 Å². The average molecular weight is 296 g/mol. The van der Waals surface area contributed by atoms with E-state index in [0.29, 0.717) is 12.0 Å². The van der Waals surface area contributed by atoms with Crippen LogP contribution in [0.15, 0.2) is 48.8 Å². The van der Waals surface area contributed by atoms with E-state index in [1.54, 1.807) is 0 Å². The lowest BCUT2D eigenvalue weighted by Crippen LogP contribution is -2.20. The zero-order chi connectivity index (χ0) is 14.8. The van der Waals surface area contributed by atoms with Crippen molar-refractivity contribution in [2.45, 2.75) is 19.9 Å². The van der Waals surface area contributed by atoms with Crippen LogP contribution in [0.2, 0.25) is 0 Å². The third-order valence-corrected chi connectivity index (χ3v) is 5.06. The molecule has 0 saturated carbocycles. The van der Waals surface area contributed by atoms with E-state index in [2.05, 4.69) is 60.5 Å². The number of benzene rings is 1. The molecule has 0 fully saturated rings. The van der Waals surface area contributed by atoms with Crippen molar-refractivity contribution in [3.8, 4) is 10.4 Å². The predicted octanol–water partition coefficient (Wildman–Crippen LogP) is 4.88. The number of aromatic nitrogens is 1. The maximum atomic E-state index is 4.28. The van der Waals surface area contributed by atoms with Gasteiger partial charge in [-0.2, -0.15) is 0 Å². The van der Waals surface area contributed by atoms with E-state index in [0.717, 1.165) is 0 Å². The van der Waals surface area contributed by atoms with Crippen LogP contribution in [0.1, 0.15) is 24.8 Å². The molecular weight excluding hydrogens is 276 g/mol. The summed E-state index contributed by atoms with van der Waals surface area (Å²) < 4.78 is 0. The maximum absolute atomic E-state index is 4.28. The molecular formula is C18H20N2S. The first kappa shape index (κ1) is 14.2. The van der Waals surface area contributed by atoms with E-state index < -0.39 is 0 Å². The Labute approximate surface area is 129 Å². The molecule has 0 bridgehead atoms. The highest BCUT2D eigenvalue weighted by molar-refractivity contribution is 7.15. The highest BCUT2D eigenvalue weighted by atomic mass is 32.1. The number of hydrogen-bond acceptors (Lipinski definition) is 3. The van der Waals surface area contributed by atoms with Gasteiger partial charge in [-0.3, -0.25) is 4.98 Å². The van der Waals surface area contributed by atoms with Gasteiger partial charge in [0.15, 0.2) is 0 Å². The molecule has 2 heterocycles. The normalized spacial score (nSPS) is 13.0. The Morgan fingerprint density at radius 3 is 2.71 bits per heavy atom. The van der Waals surface area contributed by atoms with Crippen molar-refractivity contribution >= 4 is 22.1 Å². The van der Waals surface area contributed by atoms with Gasteiger partial charge < -0.3 is 5.32 Å².